The molecule has 5 nitrogen and oxygen atoms in total. The standard InChI is InChI=1S/C12H15Br2N5/c1-2-6-19-12(9(14)7-17-19)11(18-15)10-8(13)4-3-5-16-10/h3-5,7,11,18H,2,6,15H2,1H3. The summed E-state index contributed by atoms with van der Waals surface area (Å²) in [6.07, 6.45) is 4.53. The molecule has 3 N–H and O–H groups in total. The van der Waals surface area contributed by atoms with Gasteiger partial charge in [-0.05, 0) is 50.4 Å². The molecule has 19 heavy (non-hydrogen) atoms. The molecule has 0 amide bonds. The first-order valence-corrected chi connectivity index (χ1v) is 7.55. The van der Waals surface area contributed by atoms with Crippen molar-refractivity contribution in [3.8, 4) is 0 Å². The second kappa shape index (κ2) is 6.60. The first kappa shape index (κ1) is 14.6. The summed E-state index contributed by atoms with van der Waals surface area (Å²) < 4.78 is 3.77. The highest BCUT2D eigenvalue weighted by Gasteiger charge is 2.23. The van der Waals surface area contributed by atoms with Crippen LogP contribution in [0.4, 0.5) is 0 Å². The Bertz CT molecular complexity index is 555. The largest absolute Gasteiger partial charge is 0.270 e. The van der Waals surface area contributed by atoms with Gasteiger partial charge >= 0.3 is 0 Å². The van der Waals surface area contributed by atoms with Gasteiger partial charge in [0, 0.05) is 17.2 Å². The van der Waals surface area contributed by atoms with Gasteiger partial charge in [0.25, 0.3) is 0 Å². The molecule has 2 rings (SSSR count). The first-order valence-electron chi connectivity index (χ1n) is 5.96. The second-order valence-electron chi connectivity index (χ2n) is 4.07. The molecule has 0 saturated heterocycles. The predicted octanol–water partition coefficient (Wildman–Crippen LogP) is 2.77. The summed E-state index contributed by atoms with van der Waals surface area (Å²) in [7, 11) is 0. The van der Waals surface area contributed by atoms with Crippen LogP contribution in [0.5, 0.6) is 0 Å². The summed E-state index contributed by atoms with van der Waals surface area (Å²) in [4.78, 5) is 4.40. The Morgan fingerprint density at radius 1 is 1.42 bits per heavy atom. The summed E-state index contributed by atoms with van der Waals surface area (Å²) in [5.41, 5.74) is 4.63. The average molecular weight is 389 g/mol. The topological polar surface area (TPSA) is 68.8 Å². The molecule has 0 aromatic carbocycles. The molecule has 1 atom stereocenters. The number of hydrazine groups is 1. The van der Waals surface area contributed by atoms with E-state index in [2.05, 4.69) is 54.3 Å². The summed E-state index contributed by atoms with van der Waals surface area (Å²) in [6, 6.07) is 3.60. The lowest BCUT2D eigenvalue weighted by atomic mass is 10.1. The minimum atomic E-state index is -0.223. The summed E-state index contributed by atoms with van der Waals surface area (Å²) in [5.74, 6) is 5.73. The maximum Gasteiger partial charge on any atom is 0.107 e. The van der Waals surface area contributed by atoms with E-state index in [-0.39, 0.29) is 6.04 Å². The van der Waals surface area contributed by atoms with Crippen LogP contribution < -0.4 is 11.3 Å². The van der Waals surface area contributed by atoms with Crippen molar-refractivity contribution in [1.82, 2.24) is 20.2 Å². The van der Waals surface area contributed by atoms with Gasteiger partial charge < -0.3 is 0 Å². The van der Waals surface area contributed by atoms with Gasteiger partial charge in [0.05, 0.1) is 22.1 Å². The Labute approximate surface area is 128 Å². The number of aryl methyl sites for hydroxylation is 1. The van der Waals surface area contributed by atoms with Crippen LogP contribution in [0.15, 0.2) is 33.5 Å². The highest BCUT2D eigenvalue weighted by molar-refractivity contribution is 9.10. The molecule has 0 aliphatic rings. The van der Waals surface area contributed by atoms with Crippen LogP contribution >= 0.6 is 31.9 Å². The highest BCUT2D eigenvalue weighted by atomic mass is 79.9. The normalized spacial score (nSPS) is 12.6. The third kappa shape index (κ3) is 3.05. The van der Waals surface area contributed by atoms with Crippen LogP contribution in [0.3, 0.4) is 0 Å². The van der Waals surface area contributed by atoms with Crippen LogP contribution in [-0.4, -0.2) is 14.8 Å². The summed E-state index contributed by atoms with van der Waals surface area (Å²) in [5, 5.41) is 4.36. The minimum Gasteiger partial charge on any atom is -0.270 e. The van der Waals surface area contributed by atoms with Gasteiger partial charge in [0.1, 0.15) is 6.04 Å². The number of halogens is 2. The fourth-order valence-corrected chi connectivity index (χ4v) is 2.96. The van der Waals surface area contributed by atoms with E-state index in [1.54, 1.807) is 12.4 Å². The Balaban J connectivity index is 2.48. The molecule has 0 bridgehead atoms. The molecule has 7 heteroatoms. The van der Waals surface area contributed by atoms with Gasteiger partial charge in [-0.1, -0.05) is 6.92 Å². The van der Waals surface area contributed by atoms with Crippen molar-refractivity contribution in [2.24, 2.45) is 5.84 Å². The highest BCUT2D eigenvalue weighted by Crippen LogP contribution is 2.30. The predicted molar refractivity (Wildman–Crippen MR) is 81.3 cm³/mol. The van der Waals surface area contributed by atoms with Crippen LogP contribution in [0.25, 0.3) is 0 Å². The van der Waals surface area contributed by atoms with Crippen molar-refractivity contribution < 1.29 is 0 Å². The van der Waals surface area contributed by atoms with Crippen LogP contribution in [-0.2, 0) is 6.54 Å². The third-order valence-corrected chi connectivity index (χ3v) is 4.05. The molecule has 2 heterocycles. The lowest BCUT2D eigenvalue weighted by molar-refractivity contribution is 0.512. The maximum absolute atomic E-state index is 5.73. The maximum atomic E-state index is 5.73. The molecule has 2 aromatic heterocycles. The monoisotopic (exact) mass is 387 g/mol. The number of aromatic nitrogens is 3. The van der Waals surface area contributed by atoms with E-state index in [9.17, 15) is 0 Å². The van der Waals surface area contributed by atoms with Crippen molar-refractivity contribution >= 4 is 31.9 Å². The van der Waals surface area contributed by atoms with E-state index < -0.39 is 0 Å². The van der Waals surface area contributed by atoms with Gasteiger partial charge in [-0.15, -0.1) is 0 Å². The van der Waals surface area contributed by atoms with Gasteiger partial charge in [-0.2, -0.15) is 5.10 Å². The van der Waals surface area contributed by atoms with Crippen molar-refractivity contribution in [1.29, 1.82) is 0 Å². The van der Waals surface area contributed by atoms with Gasteiger partial charge in [-0.25, -0.2) is 5.43 Å². The molecular formula is C12H15Br2N5. The van der Waals surface area contributed by atoms with Gasteiger partial charge in [0.15, 0.2) is 0 Å². The fraction of sp³-hybridized carbons (Fsp3) is 0.333. The molecule has 0 radical (unpaired) electrons. The zero-order valence-electron chi connectivity index (χ0n) is 10.5. The molecule has 0 spiro atoms. The number of nitrogens with two attached hydrogens (primary N) is 1. The molecular weight excluding hydrogens is 374 g/mol. The van der Waals surface area contributed by atoms with Gasteiger partial charge in [-0.3, -0.25) is 15.5 Å². The Kier molecular flexibility index (Phi) is 5.09. The first-order chi connectivity index (χ1) is 9.19. The minimum absolute atomic E-state index is 0.223. The average Bonchev–Trinajstić information content (AvgIpc) is 2.75. The number of nitrogens with one attached hydrogen (secondary N) is 1. The number of rotatable bonds is 5. The molecule has 0 aliphatic carbocycles. The van der Waals surface area contributed by atoms with E-state index in [0.29, 0.717) is 0 Å². The SMILES string of the molecule is CCCn1ncc(Br)c1C(NN)c1ncccc1Br. The molecule has 0 fully saturated rings. The van der Waals surface area contributed by atoms with Crippen molar-refractivity contribution in [2.45, 2.75) is 25.9 Å². The van der Waals surface area contributed by atoms with Crippen molar-refractivity contribution in [3.05, 3.63) is 44.9 Å². The number of hydrogen-bond acceptors (Lipinski definition) is 4. The summed E-state index contributed by atoms with van der Waals surface area (Å²) in [6.45, 7) is 2.95. The lowest BCUT2D eigenvalue weighted by Crippen LogP contribution is -2.32. The Hall–Kier alpha value is -0.760. The zero-order valence-corrected chi connectivity index (χ0v) is 13.6. The fourth-order valence-electron chi connectivity index (χ4n) is 1.95. The Morgan fingerprint density at radius 2 is 2.21 bits per heavy atom. The quantitative estimate of drug-likeness (QED) is 0.610. The van der Waals surface area contributed by atoms with Crippen LogP contribution in [0.2, 0.25) is 0 Å². The van der Waals surface area contributed by atoms with Crippen molar-refractivity contribution in [3.63, 3.8) is 0 Å². The van der Waals surface area contributed by atoms with Crippen LogP contribution in [0.1, 0.15) is 30.8 Å². The van der Waals surface area contributed by atoms with E-state index in [4.69, 9.17) is 5.84 Å². The molecule has 0 saturated carbocycles. The number of nitrogens with zero attached hydrogens (tertiary/aromatic N) is 3. The molecule has 1 unspecified atom stereocenters. The van der Waals surface area contributed by atoms with Gasteiger partial charge in [0.2, 0.25) is 0 Å². The molecule has 2 aromatic rings. The van der Waals surface area contributed by atoms with Crippen LogP contribution in [0, 0.1) is 0 Å². The number of pyridine rings is 1. The third-order valence-electron chi connectivity index (χ3n) is 2.77. The zero-order chi connectivity index (χ0) is 13.8. The van der Waals surface area contributed by atoms with E-state index in [0.717, 1.165) is 33.3 Å². The second-order valence-corrected chi connectivity index (χ2v) is 5.78. The smallest absolute Gasteiger partial charge is 0.107 e. The molecule has 0 aliphatic heterocycles. The lowest BCUT2D eigenvalue weighted by Gasteiger charge is -2.19. The Morgan fingerprint density at radius 3 is 2.84 bits per heavy atom. The summed E-state index contributed by atoms with van der Waals surface area (Å²) >= 11 is 7.04. The van der Waals surface area contributed by atoms with E-state index >= 15 is 0 Å². The van der Waals surface area contributed by atoms with E-state index in [1.165, 1.54) is 0 Å². The number of hydrogen-bond donors (Lipinski definition) is 2. The van der Waals surface area contributed by atoms with E-state index in [1.807, 2.05) is 16.8 Å². The van der Waals surface area contributed by atoms with Crippen molar-refractivity contribution in [2.75, 3.05) is 0 Å². The molecule has 102 valence electrons.